The van der Waals surface area contributed by atoms with E-state index in [1.165, 1.54) is 6.92 Å². The number of amides is 3. The number of rotatable bonds is 13. The molecule has 1 aromatic carbocycles. The summed E-state index contributed by atoms with van der Waals surface area (Å²) in [5, 5.41) is 35.1. The molecule has 8 N–H and O–H groups in total. The lowest BCUT2D eigenvalue weighted by molar-refractivity contribution is -0.147. The molecule has 1 rings (SSSR count). The van der Waals surface area contributed by atoms with Crippen molar-refractivity contribution in [3.05, 3.63) is 35.9 Å². The maximum absolute atomic E-state index is 12.9. The van der Waals surface area contributed by atoms with Crippen LogP contribution in [0.25, 0.3) is 0 Å². The van der Waals surface area contributed by atoms with Gasteiger partial charge in [-0.05, 0) is 18.4 Å². The van der Waals surface area contributed by atoms with Crippen molar-refractivity contribution in [3.8, 4) is 0 Å². The van der Waals surface area contributed by atoms with Crippen LogP contribution < -0.4 is 21.7 Å². The molecule has 34 heavy (non-hydrogen) atoms. The van der Waals surface area contributed by atoms with Gasteiger partial charge in [0.2, 0.25) is 17.7 Å². The molecule has 0 radical (unpaired) electrons. The fourth-order valence-corrected chi connectivity index (χ4v) is 2.93. The summed E-state index contributed by atoms with van der Waals surface area (Å²) in [5.41, 5.74) is 6.41. The SMILES string of the molecule is CC(C)C(N)C(=O)NC(C(=O)NC(Cc1ccccc1)C(=O)NC(CC(=O)O)C(=O)O)C(C)O. The molecule has 12 heteroatoms. The van der Waals surface area contributed by atoms with E-state index in [9.17, 15) is 34.2 Å². The third-order valence-electron chi connectivity index (χ3n) is 4.99. The quantitative estimate of drug-likeness (QED) is 0.177. The number of carbonyl (C=O) groups is 5. The van der Waals surface area contributed by atoms with Crippen molar-refractivity contribution in [2.24, 2.45) is 11.7 Å². The molecule has 0 fully saturated rings. The van der Waals surface area contributed by atoms with Crippen LogP contribution in [0.3, 0.4) is 0 Å². The molecule has 1 aromatic rings. The van der Waals surface area contributed by atoms with Crippen LogP contribution in [-0.2, 0) is 30.4 Å². The number of hydrogen-bond donors (Lipinski definition) is 7. The molecule has 0 bridgehead atoms. The van der Waals surface area contributed by atoms with E-state index in [4.69, 9.17) is 10.8 Å². The molecule has 0 aromatic heterocycles. The van der Waals surface area contributed by atoms with Crippen LogP contribution in [0.2, 0.25) is 0 Å². The summed E-state index contributed by atoms with van der Waals surface area (Å²) in [6.07, 6.45) is -2.28. The van der Waals surface area contributed by atoms with Gasteiger partial charge in [0.05, 0.1) is 18.6 Å². The number of hydrogen-bond acceptors (Lipinski definition) is 7. The molecular weight excluding hydrogens is 448 g/mol. The zero-order chi connectivity index (χ0) is 26.0. The Labute approximate surface area is 196 Å². The van der Waals surface area contributed by atoms with Gasteiger partial charge in [-0.2, -0.15) is 0 Å². The minimum Gasteiger partial charge on any atom is -0.481 e. The van der Waals surface area contributed by atoms with E-state index < -0.39 is 66.4 Å². The zero-order valence-corrected chi connectivity index (χ0v) is 19.2. The Kier molecular flexibility index (Phi) is 11.1. The number of aliphatic hydroxyl groups excluding tert-OH is 1. The van der Waals surface area contributed by atoms with E-state index in [2.05, 4.69) is 16.0 Å². The number of carbonyl (C=O) groups excluding carboxylic acids is 3. The second-order valence-corrected chi connectivity index (χ2v) is 8.24. The Bertz CT molecular complexity index is 875. The van der Waals surface area contributed by atoms with Gasteiger partial charge in [0.15, 0.2) is 0 Å². The summed E-state index contributed by atoms with van der Waals surface area (Å²) in [4.78, 5) is 60.3. The van der Waals surface area contributed by atoms with Crippen molar-refractivity contribution in [1.82, 2.24) is 16.0 Å². The van der Waals surface area contributed by atoms with Gasteiger partial charge in [-0.25, -0.2) is 4.79 Å². The summed E-state index contributed by atoms with van der Waals surface area (Å²) in [6, 6.07) is 3.04. The minimum atomic E-state index is -1.73. The second-order valence-electron chi connectivity index (χ2n) is 8.24. The molecule has 0 spiro atoms. The van der Waals surface area contributed by atoms with Crippen molar-refractivity contribution in [1.29, 1.82) is 0 Å². The number of carboxylic acids is 2. The largest absolute Gasteiger partial charge is 0.481 e. The number of aliphatic carboxylic acids is 2. The Morgan fingerprint density at radius 1 is 0.853 bits per heavy atom. The average Bonchev–Trinajstić information content (AvgIpc) is 2.75. The topological polar surface area (TPSA) is 208 Å². The summed E-state index contributed by atoms with van der Waals surface area (Å²) >= 11 is 0. The summed E-state index contributed by atoms with van der Waals surface area (Å²) in [5.74, 6) is -5.75. The first-order chi connectivity index (χ1) is 15.8. The lowest BCUT2D eigenvalue weighted by Gasteiger charge is -2.27. The first-order valence-electron chi connectivity index (χ1n) is 10.7. The first kappa shape index (κ1) is 28.5. The first-order valence-corrected chi connectivity index (χ1v) is 10.7. The molecule has 188 valence electrons. The Hall–Kier alpha value is -3.51. The number of benzene rings is 1. The third-order valence-corrected chi connectivity index (χ3v) is 4.99. The van der Waals surface area contributed by atoms with Crippen molar-refractivity contribution < 1.29 is 39.3 Å². The fraction of sp³-hybridized carbons (Fsp3) is 0.500. The van der Waals surface area contributed by atoms with Crippen molar-refractivity contribution >= 4 is 29.7 Å². The van der Waals surface area contributed by atoms with Crippen LogP contribution in [0.15, 0.2) is 30.3 Å². The smallest absolute Gasteiger partial charge is 0.326 e. The summed E-state index contributed by atoms with van der Waals surface area (Å²) in [6.45, 7) is 4.68. The Morgan fingerprint density at radius 3 is 1.88 bits per heavy atom. The molecule has 12 nitrogen and oxygen atoms in total. The van der Waals surface area contributed by atoms with Crippen LogP contribution in [0, 0.1) is 5.92 Å². The molecule has 0 heterocycles. The van der Waals surface area contributed by atoms with Gasteiger partial charge in [-0.3, -0.25) is 19.2 Å². The fourth-order valence-electron chi connectivity index (χ4n) is 2.93. The van der Waals surface area contributed by atoms with E-state index >= 15 is 0 Å². The number of nitrogens with two attached hydrogens (primary N) is 1. The monoisotopic (exact) mass is 480 g/mol. The van der Waals surface area contributed by atoms with Gasteiger partial charge in [-0.1, -0.05) is 44.2 Å². The van der Waals surface area contributed by atoms with E-state index in [0.717, 1.165) is 0 Å². The van der Waals surface area contributed by atoms with Gasteiger partial charge in [0, 0.05) is 6.42 Å². The maximum Gasteiger partial charge on any atom is 0.326 e. The van der Waals surface area contributed by atoms with Gasteiger partial charge < -0.3 is 37.0 Å². The highest BCUT2D eigenvalue weighted by Crippen LogP contribution is 2.07. The van der Waals surface area contributed by atoms with E-state index in [1.54, 1.807) is 44.2 Å². The highest BCUT2D eigenvalue weighted by atomic mass is 16.4. The minimum absolute atomic E-state index is 0.0657. The molecule has 3 amide bonds. The molecule has 0 saturated heterocycles. The zero-order valence-electron chi connectivity index (χ0n) is 19.2. The predicted molar refractivity (Wildman–Crippen MR) is 120 cm³/mol. The van der Waals surface area contributed by atoms with Crippen LogP contribution >= 0.6 is 0 Å². The predicted octanol–water partition coefficient (Wildman–Crippen LogP) is -1.39. The van der Waals surface area contributed by atoms with Gasteiger partial charge in [0.25, 0.3) is 0 Å². The van der Waals surface area contributed by atoms with Gasteiger partial charge >= 0.3 is 11.9 Å². The second kappa shape index (κ2) is 13.3. The van der Waals surface area contributed by atoms with Crippen LogP contribution in [0.4, 0.5) is 0 Å². The van der Waals surface area contributed by atoms with Crippen LogP contribution in [0.1, 0.15) is 32.8 Å². The molecule has 0 aliphatic rings. The van der Waals surface area contributed by atoms with E-state index in [0.29, 0.717) is 5.56 Å². The third kappa shape index (κ3) is 9.16. The molecule has 5 unspecified atom stereocenters. The number of nitrogens with one attached hydrogen (secondary N) is 3. The Balaban J connectivity index is 3.11. The number of carboxylic acid groups (broad SMARTS) is 2. The lowest BCUT2D eigenvalue weighted by Crippen LogP contribution is -2.60. The van der Waals surface area contributed by atoms with Crippen molar-refractivity contribution in [2.75, 3.05) is 0 Å². The maximum atomic E-state index is 12.9. The van der Waals surface area contributed by atoms with Gasteiger partial charge in [-0.15, -0.1) is 0 Å². The molecule has 0 saturated carbocycles. The van der Waals surface area contributed by atoms with Crippen LogP contribution in [-0.4, -0.2) is 75.3 Å². The van der Waals surface area contributed by atoms with Crippen LogP contribution in [0.5, 0.6) is 0 Å². The lowest BCUT2D eigenvalue weighted by atomic mass is 10.0. The average molecular weight is 481 g/mol. The highest BCUT2D eigenvalue weighted by molar-refractivity contribution is 5.95. The number of aliphatic hydroxyl groups is 1. The standard InChI is InChI=1S/C22H32N4O8/c1-11(2)17(23)20(31)26-18(12(3)27)21(32)24-14(9-13-7-5-4-6-8-13)19(30)25-15(22(33)34)10-16(28)29/h4-8,11-12,14-15,17-18,27H,9-10,23H2,1-3H3,(H,24,32)(H,25,30)(H,26,31)(H,28,29)(H,33,34). The summed E-state index contributed by atoms with van der Waals surface area (Å²) in [7, 11) is 0. The van der Waals surface area contributed by atoms with E-state index in [1.807, 2.05) is 0 Å². The molecular formula is C22H32N4O8. The highest BCUT2D eigenvalue weighted by Gasteiger charge is 2.33. The summed E-state index contributed by atoms with van der Waals surface area (Å²) < 4.78 is 0. The Morgan fingerprint density at radius 2 is 1.41 bits per heavy atom. The molecule has 0 aliphatic carbocycles. The van der Waals surface area contributed by atoms with E-state index in [-0.39, 0.29) is 12.3 Å². The molecule has 0 aliphatic heterocycles. The molecule has 5 atom stereocenters. The van der Waals surface area contributed by atoms with Crippen molar-refractivity contribution in [2.45, 2.75) is 63.9 Å². The van der Waals surface area contributed by atoms with Gasteiger partial charge in [0.1, 0.15) is 18.1 Å². The normalized spacial score (nSPS) is 15.4. The van der Waals surface area contributed by atoms with Crippen molar-refractivity contribution in [3.63, 3.8) is 0 Å².